The highest BCUT2D eigenvalue weighted by atomic mass is 32.2. The van der Waals surface area contributed by atoms with Gasteiger partial charge in [-0.3, -0.25) is 0 Å². The molecule has 14 rings (SSSR count). The Labute approximate surface area is 395 Å². The molecule has 2 aromatic heterocycles. The molecule has 2 aliphatic rings. The highest BCUT2D eigenvalue weighted by Gasteiger charge is 2.50. The minimum Gasteiger partial charge on any atom is -0.310 e. The molecular formula is C61H38N2S3. The normalized spacial score (nSPS) is 13.2. The van der Waals surface area contributed by atoms with Gasteiger partial charge in [-0.2, -0.15) is 0 Å². The molecule has 3 heterocycles. The van der Waals surface area contributed by atoms with E-state index in [1.807, 2.05) is 34.4 Å². The number of fused-ring (bicyclic) bond motifs is 15. The van der Waals surface area contributed by atoms with Crippen LogP contribution in [0.4, 0.5) is 34.1 Å². The molecule has 10 aromatic carbocycles. The smallest absolute Gasteiger partial charge is 0.0735 e. The van der Waals surface area contributed by atoms with Crippen molar-refractivity contribution in [1.29, 1.82) is 0 Å². The molecule has 12 aromatic rings. The lowest BCUT2D eigenvalue weighted by atomic mass is 9.67. The Bertz CT molecular complexity index is 3840. The number of benzene rings is 10. The van der Waals surface area contributed by atoms with E-state index in [0.717, 1.165) is 28.4 Å². The first-order chi connectivity index (χ1) is 32.7. The van der Waals surface area contributed by atoms with E-state index in [2.05, 4.69) is 240 Å². The second kappa shape index (κ2) is 14.8. The van der Waals surface area contributed by atoms with Gasteiger partial charge in [-0.1, -0.05) is 157 Å². The summed E-state index contributed by atoms with van der Waals surface area (Å²) in [7, 11) is 0. The number of rotatable bonds is 6. The third-order valence-electron chi connectivity index (χ3n) is 13.7. The average Bonchev–Trinajstić information content (AvgIpc) is 4.04. The van der Waals surface area contributed by atoms with E-state index in [4.69, 9.17) is 0 Å². The van der Waals surface area contributed by atoms with Crippen molar-refractivity contribution in [3.05, 3.63) is 253 Å². The van der Waals surface area contributed by atoms with Crippen LogP contribution in [0.15, 0.2) is 240 Å². The highest BCUT2D eigenvalue weighted by molar-refractivity contribution is 7.99. The van der Waals surface area contributed by atoms with E-state index < -0.39 is 5.41 Å². The number of nitrogens with zero attached hydrogens (tertiary/aromatic N) is 2. The van der Waals surface area contributed by atoms with Gasteiger partial charge in [0.15, 0.2) is 0 Å². The Hall–Kier alpha value is -7.41. The zero-order valence-electron chi connectivity index (χ0n) is 35.6. The van der Waals surface area contributed by atoms with Gasteiger partial charge in [0.2, 0.25) is 0 Å². The molecule has 0 saturated carbocycles. The van der Waals surface area contributed by atoms with Gasteiger partial charge in [-0.25, -0.2) is 0 Å². The van der Waals surface area contributed by atoms with Gasteiger partial charge in [-0.05, 0) is 118 Å². The van der Waals surface area contributed by atoms with Crippen LogP contribution in [0.3, 0.4) is 0 Å². The number of thiophene rings is 2. The summed E-state index contributed by atoms with van der Waals surface area (Å²) in [5, 5.41) is 5.09. The van der Waals surface area contributed by atoms with Gasteiger partial charge >= 0.3 is 0 Å². The summed E-state index contributed by atoms with van der Waals surface area (Å²) in [5.74, 6) is 0. The highest BCUT2D eigenvalue weighted by Crippen LogP contribution is 2.63. The van der Waals surface area contributed by atoms with Crippen LogP contribution in [0.2, 0.25) is 0 Å². The zero-order valence-corrected chi connectivity index (χ0v) is 38.0. The summed E-state index contributed by atoms with van der Waals surface area (Å²) >= 11 is 5.64. The lowest BCUT2D eigenvalue weighted by molar-refractivity contribution is 0.722. The maximum Gasteiger partial charge on any atom is 0.0735 e. The predicted molar refractivity (Wildman–Crippen MR) is 283 cm³/mol. The van der Waals surface area contributed by atoms with Crippen molar-refractivity contribution in [2.45, 2.75) is 15.2 Å². The van der Waals surface area contributed by atoms with Gasteiger partial charge in [-0.15, -0.1) is 22.7 Å². The molecule has 1 spiro atoms. The molecule has 0 N–H and O–H groups in total. The standard InChI is InChI=1S/C61H38N2S3/c1-3-17-39(18-4-1)62(41-34-36-55-47(37-41)45-23-9-13-30-54(45)64-55)52-28-16-32-57-59(52)46-24-15-29-53(60(46)66-57)63(40-19-5-2-6-20-40)42-33-35-51-58(38-42)65-56-31-14-12-27-50(56)61(51)48-25-10-7-21-43(48)44-22-8-11-26-49(44)61/h1-38H. The molecule has 2 nitrogen and oxygen atoms in total. The van der Waals surface area contributed by atoms with Crippen LogP contribution in [0, 0.1) is 0 Å². The van der Waals surface area contributed by atoms with Crippen LogP contribution in [0.5, 0.6) is 0 Å². The average molecular weight is 895 g/mol. The van der Waals surface area contributed by atoms with Crippen LogP contribution in [-0.2, 0) is 5.41 Å². The predicted octanol–water partition coefficient (Wildman–Crippen LogP) is 18.2. The monoisotopic (exact) mass is 894 g/mol. The molecular weight excluding hydrogens is 857 g/mol. The van der Waals surface area contributed by atoms with E-state index >= 15 is 0 Å². The number of hydrogen-bond donors (Lipinski definition) is 0. The van der Waals surface area contributed by atoms with Crippen LogP contribution < -0.4 is 9.80 Å². The van der Waals surface area contributed by atoms with Gasteiger partial charge in [0.05, 0.1) is 21.5 Å². The van der Waals surface area contributed by atoms with E-state index in [9.17, 15) is 0 Å². The van der Waals surface area contributed by atoms with Crippen molar-refractivity contribution in [3.8, 4) is 11.1 Å². The minimum atomic E-state index is -0.423. The van der Waals surface area contributed by atoms with Crippen molar-refractivity contribution in [2.24, 2.45) is 0 Å². The fraction of sp³-hybridized carbons (Fsp3) is 0.0164. The summed E-state index contributed by atoms with van der Waals surface area (Å²) in [6, 6.07) is 85.6. The third kappa shape index (κ3) is 5.48. The maximum absolute atomic E-state index is 2.48. The SMILES string of the molecule is c1ccc(N(c2ccc3c(c2)Sc2ccccc2C32c3ccccc3-c3ccccc32)c2cccc3c2sc2cccc(N(c4ccccc4)c4ccc5sc6ccccc6c5c4)c23)cc1. The Balaban J connectivity index is 0.973. The van der Waals surface area contributed by atoms with Gasteiger partial charge in [0.1, 0.15) is 0 Å². The number of para-hydroxylation sites is 2. The molecule has 0 atom stereocenters. The molecule has 0 fully saturated rings. The largest absolute Gasteiger partial charge is 0.310 e. The van der Waals surface area contributed by atoms with Crippen LogP contribution in [0.25, 0.3) is 51.5 Å². The molecule has 66 heavy (non-hydrogen) atoms. The number of anilines is 6. The van der Waals surface area contributed by atoms with Gasteiger partial charge in [0, 0.05) is 68.2 Å². The minimum absolute atomic E-state index is 0.423. The maximum atomic E-state index is 2.48. The second-order valence-corrected chi connectivity index (χ2v) is 20.4. The molecule has 0 unspecified atom stereocenters. The fourth-order valence-corrected chi connectivity index (χ4v) is 14.6. The summed E-state index contributed by atoms with van der Waals surface area (Å²) in [6.45, 7) is 0. The van der Waals surface area contributed by atoms with E-state index in [-0.39, 0.29) is 0 Å². The van der Waals surface area contributed by atoms with Crippen molar-refractivity contribution >= 4 is 109 Å². The van der Waals surface area contributed by atoms with Crippen molar-refractivity contribution < 1.29 is 0 Å². The van der Waals surface area contributed by atoms with Crippen molar-refractivity contribution in [3.63, 3.8) is 0 Å². The Morgan fingerprint density at radius 3 is 1.64 bits per heavy atom. The van der Waals surface area contributed by atoms with Gasteiger partial charge < -0.3 is 9.80 Å². The number of hydrogen-bond acceptors (Lipinski definition) is 5. The fourth-order valence-electron chi connectivity index (χ4n) is 11.0. The first-order valence-electron chi connectivity index (χ1n) is 22.4. The lowest BCUT2D eigenvalue weighted by Crippen LogP contribution is -2.32. The van der Waals surface area contributed by atoms with Gasteiger partial charge in [0.25, 0.3) is 0 Å². The van der Waals surface area contributed by atoms with E-state index in [0.29, 0.717) is 0 Å². The Morgan fingerprint density at radius 2 is 0.864 bits per heavy atom. The molecule has 310 valence electrons. The molecule has 1 aliphatic carbocycles. The topological polar surface area (TPSA) is 6.48 Å². The molecule has 0 bridgehead atoms. The second-order valence-electron chi connectivity index (χ2n) is 17.1. The third-order valence-corrected chi connectivity index (χ3v) is 17.2. The van der Waals surface area contributed by atoms with Crippen LogP contribution >= 0.6 is 34.4 Å². The van der Waals surface area contributed by atoms with Crippen molar-refractivity contribution in [2.75, 3.05) is 9.80 Å². The summed E-state index contributed by atoms with van der Waals surface area (Å²) < 4.78 is 5.12. The molecule has 0 saturated heterocycles. The lowest BCUT2D eigenvalue weighted by Gasteiger charge is -2.40. The zero-order chi connectivity index (χ0) is 43.3. The first-order valence-corrected chi connectivity index (χ1v) is 24.9. The van der Waals surface area contributed by atoms with Crippen molar-refractivity contribution in [1.82, 2.24) is 0 Å². The first kappa shape index (κ1) is 37.9. The summed E-state index contributed by atoms with van der Waals surface area (Å²) in [6.07, 6.45) is 0. The van der Waals surface area contributed by atoms with E-state index in [1.54, 1.807) is 0 Å². The summed E-state index contributed by atoms with van der Waals surface area (Å²) in [5.41, 5.74) is 14.5. The summed E-state index contributed by atoms with van der Waals surface area (Å²) in [4.78, 5) is 7.51. The van der Waals surface area contributed by atoms with Crippen LogP contribution in [-0.4, -0.2) is 0 Å². The molecule has 0 radical (unpaired) electrons. The van der Waals surface area contributed by atoms with E-state index in [1.165, 1.54) is 89.2 Å². The quantitative estimate of drug-likeness (QED) is 0.164. The Morgan fingerprint density at radius 1 is 0.318 bits per heavy atom. The molecule has 1 aliphatic heterocycles. The van der Waals surface area contributed by atoms with Crippen LogP contribution in [0.1, 0.15) is 22.3 Å². The Kier molecular flexibility index (Phi) is 8.51. The molecule has 0 amide bonds. The molecule has 5 heteroatoms.